The first-order chi connectivity index (χ1) is 9.24. The first kappa shape index (κ1) is 11.1. The summed E-state index contributed by atoms with van der Waals surface area (Å²) < 4.78 is 5.30. The predicted molar refractivity (Wildman–Crippen MR) is 74.7 cm³/mol. The average molecular weight is 254 g/mol. The minimum Gasteiger partial charge on any atom is -0.367 e. The molecule has 2 aliphatic carbocycles. The summed E-state index contributed by atoms with van der Waals surface area (Å²) in [7, 11) is 0. The van der Waals surface area contributed by atoms with Crippen LogP contribution >= 0.6 is 0 Å². The van der Waals surface area contributed by atoms with Gasteiger partial charge in [-0.2, -0.15) is 0 Å². The highest BCUT2D eigenvalue weighted by Crippen LogP contribution is 2.58. The maximum Gasteiger partial charge on any atom is 0.230 e. The van der Waals surface area contributed by atoms with Crippen LogP contribution in [0.2, 0.25) is 0 Å². The third kappa shape index (κ3) is 1.68. The molecule has 0 amide bonds. The second-order valence-electron chi connectivity index (χ2n) is 6.05. The van der Waals surface area contributed by atoms with Crippen LogP contribution in [0.3, 0.4) is 0 Å². The molecule has 3 nitrogen and oxygen atoms in total. The molecule has 3 heteroatoms. The van der Waals surface area contributed by atoms with E-state index in [0.29, 0.717) is 11.8 Å². The molecule has 4 rings (SSSR count). The van der Waals surface area contributed by atoms with Crippen LogP contribution in [0.1, 0.15) is 36.4 Å². The molecule has 2 fully saturated rings. The summed E-state index contributed by atoms with van der Waals surface area (Å²) in [6.45, 7) is 2.11. The number of anilines is 1. The lowest BCUT2D eigenvalue weighted by molar-refractivity contribution is 0.416. The highest BCUT2D eigenvalue weighted by molar-refractivity contribution is 5.77. The molecule has 19 heavy (non-hydrogen) atoms. The van der Waals surface area contributed by atoms with E-state index in [2.05, 4.69) is 24.2 Å². The Morgan fingerprint density at radius 1 is 1.16 bits per heavy atom. The SMILES string of the molecule is Cc1ccccc1-c1c(C2CC3CC3C2)noc1N. The van der Waals surface area contributed by atoms with Crippen molar-refractivity contribution in [3.05, 3.63) is 35.5 Å². The second-order valence-corrected chi connectivity index (χ2v) is 6.05. The molecule has 0 saturated heterocycles. The van der Waals surface area contributed by atoms with Gasteiger partial charge in [0.15, 0.2) is 0 Å². The number of fused-ring (bicyclic) bond motifs is 1. The van der Waals surface area contributed by atoms with Crippen LogP contribution in [0.25, 0.3) is 11.1 Å². The molecule has 98 valence electrons. The fourth-order valence-corrected chi connectivity index (χ4v) is 3.66. The van der Waals surface area contributed by atoms with Crippen molar-refractivity contribution in [2.75, 3.05) is 5.73 Å². The third-order valence-corrected chi connectivity index (χ3v) is 4.79. The van der Waals surface area contributed by atoms with Crippen LogP contribution in [0.4, 0.5) is 5.88 Å². The normalized spacial score (nSPS) is 28.4. The molecule has 0 spiro atoms. The molecule has 1 aromatic carbocycles. The van der Waals surface area contributed by atoms with Gasteiger partial charge in [-0.15, -0.1) is 0 Å². The van der Waals surface area contributed by atoms with Gasteiger partial charge in [0.2, 0.25) is 5.88 Å². The van der Waals surface area contributed by atoms with Gasteiger partial charge in [0.1, 0.15) is 0 Å². The van der Waals surface area contributed by atoms with Gasteiger partial charge in [0.25, 0.3) is 0 Å². The molecule has 0 radical (unpaired) electrons. The summed E-state index contributed by atoms with van der Waals surface area (Å²) in [5.41, 5.74) is 10.5. The van der Waals surface area contributed by atoms with Gasteiger partial charge in [-0.1, -0.05) is 29.4 Å². The monoisotopic (exact) mass is 254 g/mol. The number of aromatic nitrogens is 1. The molecule has 1 heterocycles. The number of rotatable bonds is 2. The molecule has 2 aromatic rings. The van der Waals surface area contributed by atoms with E-state index in [0.717, 1.165) is 28.7 Å². The van der Waals surface area contributed by atoms with Crippen LogP contribution in [0.5, 0.6) is 0 Å². The first-order valence-corrected chi connectivity index (χ1v) is 7.05. The smallest absolute Gasteiger partial charge is 0.230 e. The minimum atomic E-state index is 0.463. The number of hydrogen-bond acceptors (Lipinski definition) is 3. The Bertz CT molecular complexity index is 621. The van der Waals surface area contributed by atoms with Gasteiger partial charge in [-0.05, 0) is 49.1 Å². The van der Waals surface area contributed by atoms with Crippen LogP contribution in [0.15, 0.2) is 28.8 Å². The number of nitrogens with zero attached hydrogens (tertiary/aromatic N) is 1. The van der Waals surface area contributed by atoms with E-state index < -0.39 is 0 Å². The Balaban J connectivity index is 1.79. The van der Waals surface area contributed by atoms with Crippen molar-refractivity contribution in [3.63, 3.8) is 0 Å². The number of hydrogen-bond donors (Lipinski definition) is 1. The highest BCUT2D eigenvalue weighted by atomic mass is 16.5. The van der Waals surface area contributed by atoms with Gasteiger partial charge < -0.3 is 10.3 Å². The van der Waals surface area contributed by atoms with E-state index in [1.54, 1.807) is 0 Å². The second kappa shape index (κ2) is 3.86. The Kier molecular flexibility index (Phi) is 2.25. The fraction of sp³-hybridized carbons (Fsp3) is 0.438. The van der Waals surface area contributed by atoms with Gasteiger partial charge in [0.05, 0.1) is 11.3 Å². The quantitative estimate of drug-likeness (QED) is 0.888. The number of aryl methyl sites for hydroxylation is 1. The zero-order valence-corrected chi connectivity index (χ0v) is 11.1. The lowest BCUT2D eigenvalue weighted by atomic mass is 9.91. The molecule has 2 N–H and O–H groups in total. The standard InChI is InChI=1S/C16H18N2O/c1-9-4-2-3-5-13(9)14-15(18-19-16(14)17)12-7-10-6-11(10)8-12/h2-5,10-12H,6-8,17H2,1H3. The molecule has 1 aromatic heterocycles. The Labute approximate surface area is 112 Å². The highest BCUT2D eigenvalue weighted by Gasteiger charge is 2.47. The number of nitrogens with two attached hydrogens (primary N) is 1. The molecular weight excluding hydrogens is 236 g/mol. The van der Waals surface area contributed by atoms with Crippen LogP contribution < -0.4 is 5.73 Å². The van der Waals surface area contributed by atoms with E-state index in [1.807, 2.05) is 12.1 Å². The summed E-state index contributed by atoms with van der Waals surface area (Å²) >= 11 is 0. The van der Waals surface area contributed by atoms with Gasteiger partial charge in [-0.3, -0.25) is 0 Å². The van der Waals surface area contributed by atoms with Crippen LogP contribution in [0, 0.1) is 18.8 Å². The number of nitrogen functional groups attached to an aromatic ring is 1. The van der Waals surface area contributed by atoms with E-state index in [9.17, 15) is 0 Å². The van der Waals surface area contributed by atoms with Crippen molar-refractivity contribution in [2.45, 2.75) is 32.1 Å². The maximum absolute atomic E-state index is 6.03. The molecular formula is C16H18N2O. The van der Waals surface area contributed by atoms with Crippen LogP contribution in [-0.2, 0) is 0 Å². The maximum atomic E-state index is 6.03. The lowest BCUT2D eigenvalue weighted by Crippen LogP contribution is -2.00. The Morgan fingerprint density at radius 2 is 1.89 bits per heavy atom. The van der Waals surface area contributed by atoms with Crippen molar-refractivity contribution in [3.8, 4) is 11.1 Å². The largest absolute Gasteiger partial charge is 0.367 e. The lowest BCUT2D eigenvalue weighted by Gasteiger charge is -2.12. The van der Waals surface area contributed by atoms with Gasteiger partial charge in [-0.25, -0.2) is 0 Å². The summed E-state index contributed by atoms with van der Waals surface area (Å²) in [6.07, 6.45) is 3.94. The molecule has 2 saturated carbocycles. The zero-order valence-electron chi connectivity index (χ0n) is 11.1. The molecule has 2 atom stereocenters. The fourth-order valence-electron chi connectivity index (χ4n) is 3.66. The zero-order chi connectivity index (χ0) is 13.0. The van der Waals surface area contributed by atoms with Gasteiger partial charge >= 0.3 is 0 Å². The van der Waals surface area contributed by atoms with E-state index in [4.69, 9.17) is 10.3 Å². The first-order valence-electron chi connectivity index (χ1n) is 7.05. The Morgan fingerprint density at radius 3 is 2.63 bits per heavy atom. The average Bonchev–Trinajstić information content (AvgIpc) is 2.84. The summed E-state index contributed by atoms with van der Waals surface area (Å²) in [4.78, 5) is 0. The molecule has 2 unspecified atom stereocenters. The molecule has 2 aliphatic rings. The van der Waals surface area contributed by atoms with Gasteiger partial charge in [0, 0.05) is 5.92 Å². The third-order valence-electron chi connectivity index (χ3n) is 4.79. The Hall–Kier alpha value is -1.77. The van der Waals surface area contributed by atoms with Crippen molar-refractivity contribution in [2.24, 2.45) is 11.8 Å². The minimum absolute atomic E-state index is 0.463. The number of benzene rings is 1. The molecule has 0 aliphatic heterocycles. The van der Waals surface area contributed by atoms with E-state index in [-0.39, 0.29) is 0 Å². The van der Waals surface area contributed by atoms with Crippen molar-refractivity contribution in [1.82, 2.24) is 5.16 Å². The molecule has 0 bridgehead atoms. The van der Waals surface area contributed by atoms with Crippen LogP contribution in [-0.4, -0.2) is 5.16 Å². The van der Waals surface area contributed by atoms with Crippen molar-refractivity contribution in [1.29, 1.82) is 0 Å². The predicted octanol–water partition coefficient (Wildman–Crippen LogP) is 3.75. The summed E-state index contributed by atoms with van der Waals surface area (Å²) in [5, 5.41) is 4.27. The van der Waals surface area contributed by atoms with Crippen molar-refractivity contribution < 1.29 is 4.52 Å². The topological polar surface area (TPSA) is 52.0 Å². The van der Waals surface area contributed by atoms with Crippen molar-refractivity contribution >= 4 is 5.88 Å². The summed E-state index contributed by atoms with van der Waals surface area (Å²) in [5.74, 6) is 2.88. The summed E-state index contributed by atoms with van der Waals surface area (Å²) in [6, 6.07) is 8.31. The van der Waals surface area contributed by atoms with E-state index in [1.165, 1.54) is 24.8 Å². The van der Waals surface area contributed by atoms with E-state index >= 15 is 0 Å².